The topological polar surface area (TPSA) is 34.2 Å². The zero-order chi connectivity index (χ0) is 12.8. The Morgan fingerprint density at radius 2 is 2.22 bits per heavy atom. The lowest BCUT2D eigenvalue weighted by Crippen LogP contribution is -2.12. The summed E-state index contributed by atoms with van der Waals surface area (Å²) in [6.07, 6.45) is 1.01. The molecule has 4 heteroatoms. The second-order valence-corrected chi connectivity index (χ2v) is 4.98. The molecule has 0 aliphatic rings. The van der Waals surface area contributed by atoms with Crippen LogP contribution in [0.1, 0.15) is 23.2 Å². The van der Waals surface area contributed by atoms with E-state index in [0.717, 1.165) is 31.0 Å². The molecular formula is C14H18N2OS. The first-order valence-electron chi connectivity index (χ1n) is 6.08. The maximum Gasteiger partial charge on any atom is 0.119 e. The van der Waals surface area contributed by atoms with Gasteiger partial charge >= 0.3 is 0 Å². The normalized spacial score (nSPS) is 10.6. The quantitative estimate of drug-likeness (QED) is 0.869. The van der Waals surface area contributed by atoms with E-state index in [1.54, 1.807) is 18.4 Å². The van der Waals surface area contributed by atoms with E-state index in [2.05, 4.69) is 28.7 Å². The van der Waals surface area contributed by atoms with Crippen LogP contribution < -0.4 is 10.1 Å². The highest BCUT2D eigenvalue weighted by molar-refractivity contribution is 7.09. The molecule has 0 bridgehead atoms. The van der Waals surface area contributed by atoms with Crippen molar-refractivity contribution in [2.75, 3.05) is 7.11 Å². The van der Waals surface area contributed by atoms with Gasteiger partial charge in [0, 0.05) is 18.5 Å². The van der Waals surface area contributed by atoms with Gasteiger partial charge in [0.2, 0.25) is 0 Å². The summed E-state index contributed by atoms with van der Waals surface area (Å²) in [5.74, 6) is 0.899. The molecule has 0 atom stereocenters. The van der Waals surface area contributed by atoms with Crippen LogP contribution >= 0.6 is 11.3 Å². The predicted molar refractivity (Wildman–Crippen MR) is 75.0 cm³/mol. The van der Waals surface area contributed by atoms with Crippen LogP contribution in [0.4, 0.5) is 0 Å². The van der Waals surface area contributed by atoms with Crippen molar-refractivity contribution in [1.29, 1.82) is 0 Å². The smallest absolute Gasteiger partial charge is 0.119 e. The van der Waals surface area contributed by atoms with E-state index in [1.165, 1.54) is 10.6 Å². The summed E-state index contributed by atoms with van der Waals surface area (Å²) in [6, 6.07) is 8.10. The van der Waals surface area contributed by atoms with Gasteiger partial charge in [-0.3, -0.25) is 0 Å². The van der Waals surface area contributed by atoms with Gasteiger partial charge < -0.3 is 10.1 Å². The number of aryl methyl sites for hydroxylation is 1. The molecule has 0 saturated carbocycles. The number of nitrogens with zero attached hydrogens (tertiary/aromatic N) is 1. The fraction of sp³-hybridized carbons (Fsp3) is 0.357. The van der Waals surface area contributed by atoms with E-state index in [-0.39, 0.29) is 0 Å². The molecule has 3 nitrogen and oxygen atoms in total. The van der Waals surface area contributed by atoms with Crippen molar-refractivity contribution in [3.05, 3.63) is 45.9 Å². The third-order valence-electron chi connectivity index (χ3n) is 2.67. The Kier molecular flexibility index (Phi) is 4.73. The van der Waals surface area contributed by atoms with Crippen molar-refractivity contribution >= 4 is 11.3 Å². The number of aromatic nitrogens is 1. The van der Waals surface area contributed by atoms with Gasteiger partial charge in [-0.2, -0.15) is 0 Å². The Hall–Kier alpha value is -1.39. The van der Waals surface area contributed by atoms with E-state index in [0.29, 0.717) is 0 Å². The lowest BCUT2D eigenvalue weighted by Gasteiger charge is -2.05. The summed E-state index contributed by atoms with van der Waals surface area (Å²) < 4.78 is 5.20. The maximum absolute atomic E-state index is 5.20. The number of hydrogen-bond acceptors (Lipinski definition) is 4. The van der Waals surface area contributed by atoms with Crippen LogP contribution in [0.15, 0.2) is 29.6 Å². The molecule has 18 heavy (non-hydrogen) atoms. The van der Waals surface area contributed by atoms with Crippen LogP contribution in [-0.4, -0.2) is 12.1 Å². The number of ether oxygens (including phenoxy) is 1. The Labute approximate surface area is 112 Å². The molecule has 1 heterocycles. The number of rotatable bonds is 6. The van der Waals surface area contributed by atoms with Gasteiger partial charge in [-0.25, -0.2) is 4.98 Å². The van der Waals surface area contributed by atoms with Crippen molar-refractivity contribution in [1.82, 2.24) is 10.3 Å². The number of benzene rings is 1. The minimum absolute atomic E-state index is 0.813. The molecule has 0 aliphatic heterocycles. The van der Waals surface area contributed by atoms with Crippen LogP contribution in [0, 0.1) is 0 Å². The summed E-state index contributed by atoms with van der Waals surface area (Å²) in [4.78, 5) is 4.52. The van der Waals surface area contributed by atoms with Crippen molar-refractivity contribution in [2.24, 2.45) is 0 Å². The number of nitrogens with one attached hydrogen (secondary N) is 1. The lowest BCUT2D eigenvalue weighted by atomic mass is 10.2. The minimum atomic E-state index is 0.813. The van der Waals surface area contributed by atoms with Crippen LogP contribution in [0.25, 0.3) is 0 Å². The van der Waals surface area contributed by atoms with Gasteiger partial charge in [-0.05, 0) is 24.1 Å². The second kappa shape index (κ2) is 6.52. The maximum atomic E-state index is 5.20. The first kappa shape index (κ1) is 13.1. The Morgan fingerprint density at radius 3 is 2.94 bits per heavy atom. The molecule has 0 spiro atoms. The molecule has 1 N–H and O–H groups in total. The summed E-state index contributed by atoms with van der Waals surface area (Å²) in [5, 5.41) is 6.72. The standard InChI is InChI=1S/C14H18N2OS/c1-3-14-16-12(10-18-14)9-15-8-11-5-4-6-13(7-11)17-2/h4-7,10,15H,3,8-9H2,1-2H3. The van der Waals surface area contributed by atoms with Crippen LogP contribution in [0.5, 0.6) is 5.75 Å². The molecule has 0 fully saturated rings. The monoisotopic (exact) mass is 262 g/mol. The van der Waals surface area contributed by atoms with Crippen molar-refractivity contribution in [2.45, 2.75) is 26.4 Å². The van der Waals surface area contributed by atoms with E-state index >= 15 is 0 Å². The number of thiazole rings is 1. The second-order valence-electron chi connectivity index (χ2n) is 4.04. The predicted octanol–water partition coefficient (Wildman–Crippen LogP) is 3.00. The molecule has 0 aliphatic carbocycles. The van der Waals surface area contributed by atoms with Gasteiger partial charge in [-0.15, -0.1) is 11.3 Å². The summed E-state index contributed by atoms with van der Waals surface area (Å²) in [6.45, 7) is 3.77. The molecular weight excluding hydrogens is 244 g/mol. The van der Waals surface area contributed by atoms with E-state index < -0.39 is 0 Å². The Morgan fingerprint density at radius 1 is 1.33 bits per heavy atom. The highest BCUT2D eigenvalue weighted by Gasteiger charge is 2.00. The molecule has 96 valence electrons. The van der Waals surface area contributed by atoms with Gasteiger partial charge in [-0.1, -0.05) is 19.1 Å². The van der Waals surface area contributed by atoms with Crippen LogP contribution in [0.2, 0.25) is 0 Å². The third kappa shape index (κ3) is 3.55. The zero-order valence-corrected chi connectivity index (χ0v) is 11.6. The number of methoxy groups -OCH3 is 1. The molecule has 0 amide bonds. The highest BCUT2D eigenvalue weighted by Crippen LogP contribution is 2.13. The first-order valence-corrected chi connectivity index (χ1v) is 6.96. The van der Waals surface area contributed by atoms with Crippen molar-refractivity contribution in [3.63, 3.8) is 0 Å². The average molecular weight is 262 g/mol. The molecule has 0 radical (unpaired) electrons. The molecule has 2 aromatic rings. The fourth-order valence-electron chi connectivity index (χ4n) is 1.71. The van der Waals surface area contributed by atoms with Crippen molar-refractivity contribution < 1.29 is 4.74 Å². The number of hydrogen-bond donors (Lipinski definition) is 1. The van der Waals surface area contributed by atoms with Gasteiger partial charge in [0.25, 0.3) is 0 Å². The Balaban J connectivity index is 1.84. The minimum Gasteiger partial charge on any atom is -0.497 e. The average Bonchev–Trinajstić information content (AvgIpc) is 2.87. The van der Waals surface area contributed by atoms with E-state index in [9.17, 15) is 0 Å². The van der Waals surface area contributed by atoms with Gasteiger partial charge in [0.05, 0.1) is 17.8 Å². The molecule has 0 unspecified atom stereocenters. The molecule has 0 saturated heterocycles. The third-order valence-corrected chi connectivity index (χ3v) is 3.71. The van der Waals surface area contributed by atoms with Crippen LogP contribution in [0.3, 0.4) is 0 Å². The van der Waals surface area contributed by atoms with E-state index in [4.69, 9.17) is 4.74 Å². The van der Waals surface area contributed by atoms with Crippen molar-refractivity contribution in [3.8, 4) is 5.75 Å². The summed E-state index contributed by atoms with van der Waals surface area (Å²) in [7, 11) is 1.69. The fourth-order valence-corrected chi connectivity index (χ4v) is 2.45. The summed E-state index contributed by atoms with van der Waals surface area (Å²) in [5.41, 5.74) is 2.35. The SMILES string of the molecule is CCc1nc(CNCc2cccc(OC)c2)cs1. The lowest BCUT2D eigenvalue weighted by molar-refractivity contribution is 0.414. The Bertz CT molecular complexity index is 496. The molecule has 1 aromatic carbocycles. The molecule has 1 aromatic heterocycles. The summed E-state index contributed by atoms with van der Waals surface area (Å²) >= 11 is 1.73. The van der Waals surface area contributed by atoms with Gasteiger partial charge in [0.15, 0.2) is 0 Å². The van der Waals surface area contributed by atoms with Crippen LogP contribution in [-0.2, 0) is 19.5 Å². The highest BCUT2D eigenvalue weighted by atomic mass is 32.1. The first-order chi connectivity index (χ1) is 8.81. The zero-order valence-electron chi connectivity index (χ0n) is 10.8. The largest absolute Gasteiger partial charge is 0.497 e. The molecule has 2 rings (SSSR count). The van der Waals surface area contributed by atoms with Gasteiger partial charge in [0.1, 0.15) is 5.75 Å². The van der Waals surface area contributed by atoms with E-state index in [1.807, 2.05) is 18.2 Å².